The highest BCUT2D eigenvalue weighted by molar-refractivity contribution is 8.02. The third-order valence-electron chi connectivity index (χ3n) is 4.57. The lowest BCUT2D eigenvalue weighted by Gasteiger charge is -2.35. The normalized spacial score (nSPS) is 41.8. The molecule has 1 aromatic rings. The molecule has 5 atom stereocenters. The molecule has 1 saturated carbocycles. The third kappa shape index (κ3) is 1.45. The van der Waals surface area contributed by atoms with Gasteiger partial charge in [-0.3, -0.25) is 0 Å². The number of fused-ring (bicyclic) bond motifs is 5. The van der Waals surface area contributed by atoms with Crippen LogP contribution in [0.1, 0.15) is 17.9 Å². The molecule has 1 heteroatoms. The third-order valence-corrected chi connectivity index (χ3v) is 5.86. The molecule has 17 heavy (non-hydrogen) atoms. The summed E-state index contributed by atoms with van der Waals surface area (Å²) in [6.45, 7) is 0. The summed E-state index contributed by atoms with van der Waals surface area (Å²) >= 11 is 2.06. The Morgan fingerprint density at radius 2 is 1.76 bits per heavy atom. The molecule has 2 bridgehead atoms. The molecule has 0 unspecified atom stereocenters. The number of hydrogen-bond acceptors (Lipinski definition) is 1. The van der Waals surface area contributed by atoms with Crippen LogP contribution in [0.25, 0.3) is 0 Å². The van der Waals surface area contributed by atoms with Crippen molar-refractivity contribution in [2.45, 2.75) is 17.6 Å². The van der Waals surface area contributed by atoms with Crippen molar-refractivity contribution in [3.63, 3.8) is 0 Å². The quantitative estimate of drug-likeness (QED) is 0.662. The van der Waals surface area contributed by atoms with Gasteiger partial charge < -0.3 is 0 Å². The lowest BCUT2D eigenvalue weighted by molar-refractivity contribution is 0.414. The largest absolute Gasteiger partial charge is 0.130 e. The minimum absolute atomic E-state index is 0.641. The monoisotopic (exact) mass is 240 g/mol. The van der Waals surface area contributed by atoms with Crippen LogP contribution in [0.4, 0.5) is 0 Å². The zero-order chi connectivity index (χ0) is 11.2. The van der Waals surface area contributed by atoms with Crippen LogP contribution in [-0.4, -0.2) is 5.25 Å². The Morgan fingerprint density at radius 3 is 2.65 bits per heavy atom. The SMILES string of the molecule is C1=C[C@H](c2ccccc2)[C@@H]2[C@H](S1)[C@H]1C=C[C@@H]2C1. The van der Waals surface area contributed by atoms with Crippen molar-refractivity contribution < 1.29 is 0 Å². The fraction of sp³-hybridized carbons (Fsp3) is 0.375. The first-order valence-corrected chi connectivity index (χ1v) is 7.43. The highest BCUT2D eigenvalue weighted by atomic mass is 32.2. The minimum Gasteiger partial charge on any atom is -0.130 e. The van der Waals surface area contributed by atoms with Crippen LogP contribution in [0.5, 0.6) is 0 Å². The van der Waals surface area contributed by atoms with Crippen molar-refractivity contribution in [3.05, 3.63) is 59.5 Å². The molecule has 0 radical (unpaired) electrons. The number of rotatable bonds is 1. The van der Waals surface area contributed by atoms with E-state index in [1.165, 1.54) is 12.0 Å². The number of thioether (sulfide) groups is 1. The molecule has 1 heterocycles. The van der Waals surface area contributed by atoms with Crippen molar-refractivity contribution in [1.82, 2.24) is 0 Å². The highest BCUT2D eigenvalue weighted by Crippen LogP contribution is 2.56. The molecule has 0 saturated heterocycles. The molecule has 0 nitrogen and oxygen atoms in total. The lowest BCUT2D eigenvalue weighted by atomic mass is 9.78. The molecule has 86 valence electrons. The molecular weight excluding hydrogens is 224 g/mol. The first kappa shape index (κ1) is 10.0. The molecule has 1 aromatic carbocycles. The first-order chi connectivity index (χ1) is 8.43. The van der Waals surface area contributed by atoms with Crippen LogP contribution >= 0.6 is 11.8 Å². The van der Waals surface area contributed by atoms with Gasteiger partial charge in [0.2, 0.25) is 0 Å². The summed E-state index contributed by atoms with van der Waals surface area (Å²) < 4.78 is 0. The molecule has 2 aliphatic carbocycles. The maximum Gasteiger partial charge on any atom is 0.0194 e. The molecule has 0 spiro atoms. The summed E-state index contributed by atoms with van der Waals surface area (Å²) in [7, 11) is 0. The van der Waals surface area contributed by atoms with E-state index in [4.69, 9.17) is 0 Å². The van der Waals surface area contributed by atoms with E-state index in [1.807, 2.05) is 0 Å². The smallest absolute Gasteiger partial charge is 0.0194 e. The van der Waals surface area contributed by atoms with Gasteiger partial charge in [-0.15, -0.1) is 11.8 Å². The maximum atomic E-state index is 2.47. The van der Waals surface area contributed by atoms with Gasteiger partial charge in [-0.1, -0.05) is 48.6 Å². The molecule has 0 aromatic heterocycles. The second kappa shape index (κ2) is 3.78. The molecule has 1 aliphatic heterocycles. The standard InChI is InChI=1S/C16H16S/c1-2-4-11(5-3-1)14-8-9-17-16-13-7-6-12(10-13)15(14)16/h1-9,12-16H,10H2/t12-,13+,14-,15-,16-/m1/s1. The fourth-order valence-electron chi connectivity index (χ4n) is 3.83. The van der Waals surface area contributed by atoms with Gasteiger partial charge in [0.1, 0.15) is 0 Å². The Bertz CT molecular complexity index is 474. The van der Waals surface area contributed by atoms with Gasteiger partial charge in [0, 0.05) is 11.2 Å². The predicted molar refractivity (Wildman–Crippen MR) is 73.9 cm³/mol. The van der Waals surface area contributed by atoms with Gasteiger partial charge in [-0.2, -0.15) is 0 Å². The van der Waals surface area contributed by atoms with Gasteiger partial charge in [-0.25, -0.2) is 0 Å². The van der Waals surface area contributed by atoms with Gasteiger partial charge in [0.15, 0.2) is 0 Å². The van der Waals surface area contributed by atoms with E-state index in [-0.39, 0.29) is 0 Å². The second-order valence-electron chi connectivity index (χ2n) is 5.39. The van der Waals surface area contributed by atoms with E-state index in [9.17, 15) is 0 Å². The van der Waals surface area contributed by atoms with Crippen LogP contribution in [-0.2, 0) is 0 Å². The Hall–Kier alpha value is -0.950. The van der Waals surface area contributed by atoms with E-state index in [0.717, 1.165) is 23.0 Å². The van der Waals surface area contributed by atoms with E-state index in [0.29, 0.717) is 5.92 Å². The van der Waals surface area contributed by atoms with Crippen LogP contribution in [0.2, 0.25) is 0 Å². The van der Waals surface area contributed by atoms with E-state index in [1.54, 1.807) is 0 Å². The summed E-state index contributed by atoms with van der Waals surface area (Å²) in [6.07, 6.45) is 8.75. The molecule has 1 fully saturated rings. The minimum atomic E-state index is 0.641. The van der Waals surface area contributed by atoms with Crippen molar-refractivity contribution in [2.75, 3.05) is 0 Å². The van der Waals surface area contributed by atoms with Crippen LogP contribution < -0.4 is 0 Å². The molecule has 0 amide bonds. The molecule has 3 aliphatic rings. The molecular formula is C16H16S. The van der Waals surface area contributed by atoms with Gasteiger partial charge in [-0.05, 0) is 35.1 Å². The van der Waals surface area contributed by atoms with Gasteiger partial charge >= 0.3 is 0 Å². The number of allylic oxidation sites excluding steroid dienone is 3. The number of hydrogen-bond donors (Lipinski definition) is 0. The van der Waals surface area contributed by atoms with Gasteiger partial charge in [0.25, 0.3) is 0 Å². The van der Waals surface area contributed by atoms with E-state index in [2.05, 4.69) is 65.7 Å². The van der Waals surface area contributed by atoms with E-state index < -0.39 is 0 Å². The summed E-state index contributed by atoms with van der Waals surface area (Å²) in [6, 6.07) is 11.0. The topological polar surface area (TPSA) is 0 Å². The highest BCUT2D eigenvalue weighted by Gasteiger charge is 2.48. The maximum absolute atomic E-state index is 2.47. The average molecular weight is 240 g/mol. The van der Waals surface area contributed by atoms with Crippen molar-refractivity contribution in [3.8, 4) is 0 Å². The van der Waals surface area contributed by atoms with E-state index >= 15 is 0 Å². The summed E-state index contributed by atoms with van der Waals surface area (Å²) in [5.41, 5.74) is 1.50. The summed E-state index contributed by atoms with van der Waals surface area (Å²) in [5, 5.41) is 3.17. The summed E-state index contributed by atoms with van der Waals surface area (Å²) in [4.78, 5) is 0. The predicted octanol–water partition coefficient (Wildman–Crippen LogP) is 4.22. The Balaban J connectivity index is 1.74. The Labute approximate surface area is 107 Å². The lowest BCUT2D eigenvalue weighted by Crippen LogP contribution is -2.29. The zero-order valence-corrected chi connectivity index (χ0v) is 10.5. The Kier molecular flexibility index (Phi) is 2.23. The fourth-order valence-corrected chi connectivity index (χ4v) is 5.23. The molecule has 0 N–H and O–H groups in total. The second-order valence-corrected chi connectivity index (χ2v) is 6.48. The summed E-state index contributed by atoms with van der Waals surface area (Å²) in [5.74, 6) is 3.14. The molecule has 4 rings (SSSR count). The van der Waals surface area contributed by atoms with Crippen LogP contribution in [0, 0.1) is 17.8 Å². The van der Waals surface area contributed by atoms with Gasteiger partial charge in [0.05, 0.1) is 0 Å². The van der Waals surface area contributed by atoms with Crippen LogP contribution in [0.15, 0.2) is 54.0 Å². The Morgan fingerprint density at radius 1 is 0.941 bits per heavy atom. The zero-order valence-electron chi connectivity index (χ0n) is 9.70. The van der Waals surface area contributed by atoms with Crippen molar-refractivity contribution in [1.29, 1.82) is 0 Å². The van der Waals surface area contributed by atoms with Crippen molar-refractivity contribution in [2.24, 2.45) is 17.8 Å². The van der Waals surface area contributed by atoms with Crippen LogP contribution in [0.3, 0.4) is 0 Å². The first-order valence-electron chi connectivity index (χ1n) is 6.49. The van der Waals surface area contributed by atoms with Crippen molar-refractivity contribution >= 4 is 11.8 Å². The average Bonchev–Trinajstić information content (AvgIpc) is 3.01. The number of benzene rings is 1.